The van der Waals surface area contributed by atoms with E-state index in [-0.39, 0.29) is 11.8 Å². The fourth-order valence-electron chi connectivity index (χ4n) is 4.86. The minimum Gasteiger partial charge on any atom is -0.350 e. The second-order valence-electron chi connectivity index (χ2n) is 9.21. The summed E-state index contributed by atoms with van der Waals surface area (Å²) in [6.07, 6.45) is 8.22. The highest BCUT2D eigenvalue weighted by Crippen LogP contribution is 2.35. The number of amides is 2. The molecule has 0 aliphatic carbocycles. The highest BCUT2D eigenvalue weighted by Gasteiger charge is 2.29. The molecule has 3 aromatic rings. The Hall–Kier alpha value is -3.59. The van der Waals surface area contributed by atoms with Crippen LogP contribution in [0.4, 0.5) is 5.69 Å². The van der Waals surface area contributed by atoms with Crippen LogP contribution in [0.1, 0.15) is 72.9 Å². The van der Waals surface area contributed by atoms with Gasteiger partial charge < -0.3 is 14.8 Å². The number of hydrogen-bond donors (Lipinski definition) is 1. The number of unbranched alkanes of at least 4 members (excludes halogenated alkanes) is 3. The zero-order valence-corrected chi connectivity index (χ0v) is 20.0. The van der Waals surface area contributed by atoms with Crippen molar-refractivity contribution < 1.29 is 9.59 Å². The number of benzene rings is 2. The van der Waals surface area contributed by atoms with E-state index in [2.05, 4.69) is 29.1 Å². The molecule has 1 saturated heterocycles. The van der Waals surface area contributed by atoms with Crippen molar-refractivity contribution >= 4 is 28.4 Å². The van der Waals surface area contributed by atoms with Gasteiger partial charge >= 0.3 is 0 Å². The van der Waals surface area contributed by atoms with E-state index in [1.54, 1.807) is 24.3 Å². The summed E-state index contributed by atoms with van der Waals surface area (Å²) < 4.78 is 2.11. The predicted octanol–water partition coefficient (Wildman–Crippen LogP) is 5.59. The standard InChI is InChI=1S/C28H32N4O2/c1-3-4-5-6-10-27(33)32-14-13-22(18-32)25-19-31(2)26-12-11-23(16-24(25)26)30-28(34)21-9-7-8-20(15-21)17-29/h7-9,11-12,15-16,19,22H,3-6,10,13-14,18H2,1-2H3,(H,30,34). The predicted molar refractivity (Wildman–Crippen MR) is 135 cm³/mol. The second kappa shape index (κ2) is 10.6. The maximum Gasteiger partial charge on any atom is 0.255 e. The summed E-state index contributed by atoms with van der Waals surface area (Å²) in [6.45, 7) is 3.74. The third kappa shape index (κ3) is 5.14. The average Bonchev–Trinajstić information content (AvgIpc) is 3.46. The number of carbonyl (C=O) groups is 2. The molecule has 1 atom stereocenters. The Morgan fingerprint density at radius 1 is 1.15 bits per heavy atom. The summed E-state index contributed by atoms with van der Waals surface area (Å²) in [5.74, 6) is 0.322. The molecule has 2 heterocycles. The number of aryl methyl sites for hydroxylation is 1. The summed E-state index contributed by atoms with van der Waals surface area (Å²) in [5.41, 5.74) is 3.95. The first kappa shape index (κ1) is 23.6. The van der Waals surface area contributed by atoms with E-state index in [1.807, 2.05) is 30.1 Å². The molecule has 1 fully saturated rings. The molecule has 2 aromatic carbocycles. The lowest BCUT2D eigenvalue weighted by Gasteiger charge is -2.16. The molecule has 6 heteroatoms. The Kier molecular flexibility index (Phi) is 7.32. The molecule has 0 spiro atoms. The normalized spacial score (nSPS) is 15.4. The highest BCUT2D eigenvalue weighted by atomic mass is 16.2. The molecule has 0 radical (unpaired) electrons. The van der Waals surface area contributed by atoms with Gasteiger partial charge in [-0.1, -0.05) is 32.3 Å². The molecule has 0 saturated carbocycles. The Labute approximate surface area is 201 Å². The van der Waals surface area contributed by atoms with Crippen LogP contribution in [0.2, 0.25) is 0 Å². The molecule has 1 aliphatic rings. The van der Waals surface area contributed by atoms with Crippen LogP contribution >= 0.6 is 0 Å². The van der Waals surface area contributed by atoms with Gasteiger partial charge in [-0.25, -0.2) is 0 Å². The van der Waals surface area contributed by atoms with E-state index < -0.39 is 0 Å². The van der Waals surface area contributed by atoms with Gasteiger partial charge in [-0.15, -0.1) is 0 Å². The number of aromatic nitrogens is 1. The number of likely N-dealkylation sites (tertiary alicyclic amines) is 1. The fourth-order valence-corrected chi connectivity index (χ4v) is 4.86. The van der Waals surface area contributed by atoms with Gasteiger partial charge in [0.1, 0.15) is 0 Å². The van der Waals surface area contributed by atoms with Crippen molar-refractivity contribution in [1.29, 1.82) is 5.26 Å². The average molecular weight is 457 g/mol. The van der Waals surface area contributed by atoms with E-state index in [4.69, 9.17) is 5.26 Å². The summed E-state index contributed by atoms with van der Waals surface area (Å²) in [4.78, 5) is 27.4. The van der Waals surface area contributed by atoms with Gasteiger partial charge in [0, 0.05) is 60.8 Å². The molecule has 1 N–H and O–H groups in total. The van der Waals surface area contributed by atoms with E-state index >= 15 is 0 Å². The first-order valence-corrected chi connectivity index (χ1v) is 12.2. The molecular weight excluding hydrogens is 424 g/mol. The summed E-state index contributed by atoms with van der Waals surface area (Å²) in [7, 11) is 2.03. The third-order valence-electron chi connectivity index (χ3n) is 6.76. The number of fused-ring (bicyclic) bond motifs is 1. The van der Waals surface area contributed by atoms with Crippen molar-refractivity contribution in [2.75, 3.05) is 18.4 Å². The molecule has 2 amide bonds. The topological polar surface area (TPSA) is 78.1 Å². The molecule has 34 heavy (non-hydrogen) atoms. The largest absolute Gasteiger partial charge is 0.350 e. The van der Waals surface area contributed by atoms with E-state index in [0.29, 0.717) is 29.2 Å². The van der Waals surface area contributed by atoms with Crippen molar-refractivity contribution in [3.05, 3.63) is 65.4 Å². The zero-order chi connectivity index (χ0) is 24.1. The number of nitriles is 1. The summed E-state index contributed by atoms with van der Waals surface area (Å²) >= 11 is 0. The lowest BCUT2D eigenvalue weighted by Crippen LogP contribution is -2.28. The smallest absolute Gasteiger partial charge is 0.255 e. The highest BCUT2D eigenvalue weighted by molar-refractivity contribution is 6.05. The maximum atomic E-state index is 12.7. The number of hydrogen-bond acceptors (Lipinski definition) is 3. The van der Waals surface area contributed by atoms with Crippen LogP contribution in [0.25, 0.3) is 10.9 Å². The van der Waals surface area contributed by atoms with Crippen LogP contribution in [0.5, 0.6) is 0 Å². The van der Waals surface area contributed by atoms with Gasteiger partial charge in [0.15, 0.2) is 0 Å². The molecule has 1 aromatic heterocycles. The molecule has 0 bridgehead atoms. The van der Waals surface area contributed by atoms with Crippen molar-refractivity contribution in [2.45, 2.75) is 51.4 Å². The third-order valence-corrected chi connectivity index (χ3v) is 6.76. The number of nitrogens with zero attached hydrogens (tertiary/aromatic N) is 3. The van der Waals surface area contributed by atoms with Gasteiger partial charge in [-0.2, -0.15) is 5.26 Å². The lowest BCUT2D eigenvalue weighted by molar-refractivity contribution is -0.130. The minimum absolute atomic E-state index is 0.241. The zero-order valence-electron chi connectivity index (χ0n) is 20.0. The maximum absolute atomic E-state index is 12.7. The van der Waals surface area contributed by atoms with Crippen molar-refractivity contribution in [3.8, 4) is 6.07 Å². The van der Waals surface area contributed by atoms with E-state index in [0.717, 1.165) is 43.3 Å². The molecule has 4 rings (SSSR count). The van der Waals surface area contributed by atoms with Crippen molar-refractivity contribution in [2.24, 2.45) is 7.05 Å². The van der Waals surface area contributed by atoms with Gasteiger partial charge in [-0.05, 0) is 54.8 Å². The van der Waals surface area contributed by atoms with Gasteiger partial charge in [0.2, 0.25) is 5.91 Å². The Morgan fingerprint density at radius 3 is 2.79 bits per heavy atom. The number of anilines is 1. The van der Waals surface area contributed by atoms with Crippen LogP contribution in [0.15, 0.2) is 48.7 Å². The van der Waals surface area contributed by atoms with Crippen LogP contribution in [-0.4, -0.2) is 34.4 Å². The van der Waals surface area contributed by atoms with Crippen LogP contribution < -0.4 is 5.32 Å². The quantitative estimate of drug-likeness (QED) is 0.449. The Bertz CT molecular complexity index is 1240. The SMILES string of the molecule is CCCCCCC(=O)N1CCC(c2cn(C)c3ccc(NC(=O)c4cccc(C#N)c4)cc23)C1. The minimum atomic E-state index is -0.241. The van der Waals surface area contributed by atoms with Crippen LogP contribution in [-0.2, 0) is 11.8 Å². The van der Waals surface area contributed by atoms with Gasteiger partial charge in [0.25, 0.3) is 5.91 Å². The lowest BCUT2D eigenvalue weighted by atomic mass is 9.97. The summed E-state index contributed by atoms with van der Waals surface area (Å²) in [5, 5.41) is 13.2. The first-order chi connectivity index (χ1) is 16.5. The number of carbonyl (C=O) groups excluding carboxylic acids is 2. The number of rotatable bonds is 8. The second-order valence-corrected chi connectivity index (χ2v) is 9.21. The van der Waals surface area contributed by atoms with Gasteiger partial charge in [-0.3, -0.25) is 9.59 Å². The first-order valence-electron chi connectivity index (χ1n) is 12.2. The molecular formula is C28H32N4O2. The number of nitrogens with one attached hydrogen (secondary N) is 1. The molecule has 176 valence electrons. The van der Waals surface area contributed by atoms with Gasteiger partial charge in [0.05, 0.1) is 11.6 Å². The summed E-state index contributed by atoms with van der Waals surface area (Å²) in [6, 6.07) is 14.7. The van der Waals surface area contributed by atoms with Crippen molar-refractivity contribution in [3.63, 3.8) is 0 Å². The van der Waals surface area contributed by atoms with Crippen LogP contribution in [0.3, 0.4) is 0 Å². The van der Waals surface area contributed by atoms with Crippen LogP contribution in [0, 0.1) is 11.3 Å². The van der Waals surface area contributed by atoms with E-state index in [9.17, 15) is 9.59 Å². The molecule has 6 nitrogen and oxygen atoms in total. The monoisotopic (exact) mass is 456 g/mol. The fraction of sp³-hybridized carbons (Fsp3) is 0.393. The Balaban J connectivity index is 1.49. The van der Waals surface area contributed by atoms with E-state index in [1.165, 1.54) is 18.4 Å². The Morgan fingerprint density at radius 2 is 2.00 bits per heavy atom. The van der Waals surface area contributed by atoms with Crippen molar-refractivity contribution in [1.82, 2.24) is 9.47 Å². The molecule has 1 unspecified atom stereocenters. The molecule has 1 aliphatic heterocycles.